The highest BCUT2D eigenvalue weighted by Gasteiger charge is 2.42. The van der Waals surface area contributed by atoms with Gasteiger partial charge in [0.25, 0.3) is 5.91 Å². The zero-order chi connectivity index (χ0) is 28.1. The number of nitrogens with one attached hydrogen (secondary N) is 1. The van der Waals surface area contributed by atoms with Crippen molar-refractivity contribution in [2.24, 2.45) is 17.8 Å². The van der Waals surface area contributed by atoms with Crippen molar-refractivity contribution in [3.05, 3.63) is 64.7 Å². The number of carbonyl (C=O) groups is 2. The van der Waals surface area contributed by atoms with Gasteiger partial charge in [0.1, 0.15) is 5.75 Å². The molecule has 3 atom stereocenters. The number of unbranched alkanes of at least 4 members (excludes halogenated alkanes) is 1. The van der Waals surface area contributed by atoms with Crippen molar-refractivity contribution in [2.75, 3.05) is 39.3 Å². The Morgan fingerprint density at radius 2 is 1.62 bits per heavy atom. The molecule has 6 heteroatoms. The maximum absolute atomic E-state index is 13.6. The smallest absolute Gasteiger partial charge is 0.254 e. The second-order valence-corrected chi connectivity index (χ2v) is 12.4. The lowest BCUT2D eigenvalue weighted by Gasteiger charge is -2.26. The molecule has 2 aromatic carbocycles. The van der Waals surface area contributed by atoms with Gasteiger partial charge < -0.3 is 19.9 Å². The molecule has 2 aromatic rings. The lowest BCUT2D eigenvalue weighted by atomic mass is 10.0. The molecule has 6 nitrogen and oxygen atoms in total. The molecule has 1 N–H and O–H groups in total. The van der Waals surface area contributed by atoms with Crippen molar-refractivity contribution in [2.45, 2.75) is 71.8 Å². The van der Waals surface area contributed by atoms with E-state index in [0.29, 0.717) is 18.4 Å². The van der Waals surface area contributed by atoms with Crippen molar-refractivity contribution in [3.63, 3.8) is 0 Å². The molecule has 40 heavy (non-hydrogen) atoms. The molecule has 216 valence electrons. The molecule has 1 aliphatic carbocycles. The fourth-order valence-corrected chi connectivity index (χ4v) is 7.07. The summed E-state index contributed by atoms with van der Waals surface area (Å²) in [4.78, 5) is 31.2. The van der Waals surface area contributed by atoms with Crippen molar-refractivity contribution in [1.82, 2.24) is 15.1 Å². The minimum Gasteiger partial charge on any atom is -0.494 e. The van der Waals surface area contributed by atoms with Crippen LogP contribution in [0, 0.1) is 31.6 Å². The topological polar surface area (TPSA) is 61.9 Å². The van der Waals surface area contributed by atoms with Gasteiger partial charge >= 0.3 is 0 Å². The summed E-state index contributed by atoms with van der Waals surface area (Å²) in [7, 11) is 0. The number of carbonyl (C=O) groups excluding carboxylic acids is 2. The fourth-order valence-electron chi connectivity index (χ4n) is 7.07. The first-order chi connectivity index (χ1) is 19.4. The standard InChI is InChI=1S/C34H47N3O3/c1-4-5-17-40-30-18-24(2)32(25(3)19-30)34(39)37-22-28-20-36(21-29(28)23-37)16-15-31(26-11-7-6-8-12-26)35-33(38)27-13-9-10-14-27/h6-8,11-12,18-19,27-29,31H,4-5,9-10,13-17,20-23H2,1-3H3,(H,35,38)/t28?,29?,31-/m0/s1. The zero-order valence-corrected chi connectivity index (χ0v) is 24.7. The number of hydrogen-bond donors (Lipinski definition) is 1. The van der Waals surface area contributed by atoms with Crippen LogP contribution in [0.25, 0.3) is 0 Å². The maximum Gasteiger partial charge on any atom is 0.254 e. The van der Waals surface area contributed by atoms with E-state index in [2.05, 4.69) is 46.3 Å². The number of amides is 2. The molecule has 5 rings (SSSR count). The molecule has 2 unspecified atom stereocenters. The van der Waals surface area contributed by atoms with Crippen molar-refractivity contribution >= 4 is 11.8 Å². The molecular formula is C34H47N3O3. The van der Waals surface area contributed by atoms with Gasteiger partial charge in [-0.2, -0.15) is 0 Å². The Hall–Kier alpha value is -2.86. The number of hydrogen-bond acceptors (Lipinski definition) is 4. The second kappa shape index (κ2) is 13.2. The van der Waals surface area contributed by atoms with Gasteiger partial charge in [0.2, 0.25) is 5.91 Å². The highest BCUT2D eigenvalue weighted by atomic mass is 16.5. The van der Waals surface area contributed by atoms with Gasteiger partial charge in [-0.3, -0.25) is 9.59 Å². The Morgan fingerprint density at radius 1 is 0.975 bits per heavy atom. The second-order valence-electron chi connectivity index (χ2n) is 12.4. The van der Waals surface area contributed by atoms with Crippen LogP contribution in [0.2, 0.25) is 0 Å². The average Bonchev–Trinajstić information content (AvgIpc) is 3.69. The molecule has 0 spiro atoms. The molecule has 2 amide bonds. The van der Waals surface area contributed by atoms with Gasteiger partial charge in [-0.15, -0.1) is 0 Å². The minimum absolute atomic E-state index is 0.0488. The van der Waals surface area contributed by atoms with Gasteiger partial charge in [0.15, 0.2) is 0 Å². The molecule has 3 fully saturated rings. The predicted molar refractivity (Wildman–Crippen MR) is 160 cm³/mol. The number of likely N-dealkylation sites (tertiary alicyclic amines) is 2. The highest BCUT2D eigenvalue weighted by Crippen LogP contribution is 2.34. The summed E-state index contributed by atoms with van der Waals surface area (Å²) in [5, 5.41) is 3.39. The Balaban J connectivity index is 1.15. The largest absolute Gasteiger partial charge is 0.494 e. The summed E-state index contributed by atoms with van der Waals surface area (Å²) < 4.78 is 5.90. The molecule has 3 aliphatic rings. The van der Waals surface area contributed by atoms with E-state index in [1.165, 1.54) is 18.4 Å². The monoisotopic (exact) mass is 545 g/mol. The van der Waals surface area contributed by atoms with Crippen LogP contribution in [0.3, 0.4) is 0 Å². The van der Waals surface area contributed by atoms with E-state index in [9.17, 15) is 9.59 Å². The number of rotatable bonds is 11. The summed E-state index contributed by atoms with van der Waals surface area (Å²) in [6.07, 6.45) is 7.43. The summed E-state index contributed by atoms with van der Waals surface area (Å²) in [5.74, 6) is 2.47. The average molecular weight is 546 g/mol. The summed E-state index contributed by atoms with van der Waals surface area (Å²) in [5.41, 5.74) is 4.03. The van der Waals surface area contributed by atoms with Crippen molar-refractivity contribution in [1.29, 1.82) is 0 Å². The number of fused-ring (bicyclic) bond motifs is 1. The van der Waals surface area contributed by atoms with Crippen LogP contribution in [0.5, 0.6) is 5.75 Å². The summed E-state index contributed by atoms with van der Waals surface area (Å²) in [6.45, 7) is 11.6. The number of aryl methyl sites for hydroxylation is 2. The first-order valence-electron chi connectivity index (χ1n) is 15.5. The van der Waals surface area contributed by atoms with E-state index < -0.39 is 0 Å². The highest BCUT2D eigenvalue weighted by molar-refractivity contribution is 5.97. The third-order valence-electron chi connectivity index (χ3n) is 9.31. The first-order valence-corrected chi connectivity index (χ1v) is 15.5. The van der Waals surface area contributed by atoms with E-state index in [1.54, 1.807) is 0 Å². The Morgan fingerprint density at radius 3 is 2.25 bits per heavy atom. The summed E-state index contributed by atoms with van der Waals surface area (Å²) in [6, 6.07) is 14.5. The van der Waals surface area contributed by atoms with Crippen LogP contribution in [0.1, 0.15) is 85.0 Å². The van der Waals surface area contributed by atoms with Gasteiger partial charge in [0.05, 0.1) is 12.6 Å². The van der Waals surface area contributed by atoms with Crippen LogP contribution < -0.4 is 10.1 Å². The molecule has 2 heterocycles. The van der Waals surface area contributed by atoms with E-state index in [-0.39, 0.29) is 23.8 Å². The Bertz CT molecular complexity index is 1120. The van der Waals surface area contributed by atoms with Crippen LogP contribution >= 0.6 is 0 Å². The van der Waals surface area contributed by atoms with E-state index >= 15 is 0 Å². The van der Waals surface area contributed by atoms with Crippen molar-refractivity contribution < 1.29 is 14.3 Å². The minimum atomic E-state index is 0.0488. The molecule has 2 saturated heterocycles. The van der Waals surface area contributed by atoms with Crippen LogP contribution in [-0.2, 0) is 4.79 Å². The Kier molecular flexibility index (Phi) is 9.46. The lowest BCUT2D eigenvalue weighted by molar-refractivity contribution is -0.125. The van der Waals surface area contributed by atoms with E-state index in [1.807, 2.05) is 32.0 Å². The predicted octanol–water partition coefficient (Wildman–Crippen LogP) is 5.92. The van der Waals surface area contributed by atoms with Crippen LogP contribution in [-0.4, -0.2) is 60.9 Å². The number of nitrogens with zero attached hydrogens (tertiary/aromatic N) is 2. The number of benzene rings is 2. The van der Waals surface area contributed by atoms with Gasteiger partial charge in [-0.1, -0.05) is 56.5 Å². The molecule has 0 aromatic heterocycles. The lowest BCUT2D eigenvalue weighted by Crippen LogP contribution is -2.37. The SMILES string of the molecule is CCCCOc1cc(C)c(C(=O)N2CC3CN(CC[C@H](NC(=O)C4CCCC4)c4ccccc4)CC3C2)c(C)c1. The van der Waals surface area contributed by atoms with E-state index in [4.69, 9.17) is 4.74 Å². The third-order valence-corrected chi connectivity index (χ3v) is 9.31. The first kappa shape index (κ1) is 28.7. The maximum atomic E-state index is 13.6. The third kappa shape index (κ3) is 6.71. The Labute approximate surface area is 240 Å². The normalized spacial score (nSPS) is 21.9. The fraction of sp³-hybridized carbons (Fsp3) is 0.588. The molecule has 0 radical (unpaired) electrons. The van der Waals surface area contributed by atoms with E-state index in [0.717, 1.165) is 87.3 Å². The quantitative estimate of drug-likeness (QED) is 0.356. The summed E-state index contributed by atoms with van der Waals surface area (Å²) >= 11 is 0. The molecule has 2 aliphatic heterocycles. The van der Waals surface area contributed by atoms with Gasteiger partial charge in [-0.05, 0) is 80.2 Å². The molecular weight excluding hydrogens is 498 g/mol. The van der Waals surface area contributed by atoms with Crippen LogP contribution in [0.15, 0.2) is 42.5 Å². The number of ether oxygens (including phenoxy) is 1. The van der Waals surface area contributed by atoms with Crippen LogP contribution in [0.4, 0.5) is 0 Å². The zero-order valence-electron chi connectivity index (χ0n) is 24.7. The molecule has 1 saturated carbocycles. The van der Waals surface area contributed by atoms with Crippen molar-refractivity contribution in [3.8, 4) is 5.75 Å². The molecule has 0 bridgehead atoms. The van der Waals surface area contributed by atoms with Gasteiger partial charge in [-0.25, -0.2) is 0 Å². The van der Waals surface area contributed by atoms with Gasteiger partial charge in [0, 0.05) is 44.2 Å².